The highest BCUT2D eigenvalue weighted by Crippen LogP contribution is 2.32. The summed E-state index contributed by atoms with van der Waals surface area (Å²) in [5.74, 6) is -0.645. The summed E-state index contributed by atoms with van der Waals surface area (Å²) in [6.07, 6.45) is 3.58. The van der Waals surface area contributed by atoms with Crippen molar-refractivity contribution in [3.8, 4) is 16.9 Å². The van der Waals surface area contributed by atoms with Gasteiger partial charge >= 0.3 is 5.97 Å². The van der Waals surface area contributed by atoms with Crippen molar-refractivity contribution >= 4 is 40.7 Å². The molecule has 0 aliphatic carbocycles. The smallest absolute Gasteiger partial charge is 0.338 e. The quantitative estimate of drug-likeness (QED) is 0.139. The second-order valence-corrected chi connectivity index (χ2v) is 11.3. The second kappa shape index (κ2) is 11.9. The van der Waals surface area contributed by atoms with Crippen molar-refractivity contribution < 1.29 is 14.5 Å². The Morgan fingerprint density at radius 3 is 2.57 bits per heavy atom. The molecule has 0 saturated carbocycles. The van der Waals surface area contributed by atoms with Gasteiger partial charge in [0.05, 0.1) is 39.1 Å². The Kier molecular flexibility index (Phi) is 7.81. The van der Waals surface area contributed by atoms with Crippen LogP contribution >= 0.6 is 22.9 Å². The molecule has 0 N–H and O–H groups in total. The Bertz CT molecular complexity index is 2130. The monoisotopic (exact) mass is 625 g/mol. The summed E-state index contributed by atoms with van der Waals surface area (Å²) >= 11 is 7.30. The van der Waals surface area contributed by atoms with Crippen molar-refractivity contribution in [1.29, 1.82) is 0 Å². The number of nitrogens with zero attached hydrogens (tertiary/aromatic N) is 5. The van der Waals surface area contributed by atoms with Crippen LogP contribution in [0.1, 0.15) is 31.0 Å². The first-order chi connectivity index (χ1) is 21.2. The van der Waals surface area contributed by atoms with E-state index in [4.69, 9.17) is 21.4 Å². The number of hydrogen-bond acceptors (Lipinski definition) is 8. The molecule has 0 radical (unpaired) electrons. The number of carbonyl (C=O) groups excluding carboxylic acids is 1. The molecule has 44 heavy (non-hydrogen) atoms. The molecule has 3 aromatic carbocycles. The minimum atomic E-state index is -0.977. The normalized spacial score (nSPS) is 14.7. The first kappa shape index (κ1) is 29.0. The van der Waals surface area contributed by atoms with Crippen LogP contribution in [0.4, 0.5) is 5.69 Å². The van der Waals surface area contributed by atoms with Crippen LogP contribution in [-0.4, -0.2) is 31.8 Å². The predicted molar refractivity (Wildman–Crippen MR) is 168 cm³/mol. The summed E-state index contributed by atoms with van der Waals surface area (Å²) in [5.41, 5.74) is 3.28. The molecule has 0 spiro atoms. The average Bonchev–Trinajstić information content (AvgIpc) is 3.58. The van der Waals surface area contributed by atoms with Crippen LogP contribution in [0.15, 0.2) is 106 Å². The van der Waals surface area contributed by atoms with E-state index in [1.165, 1.54) is 22.8 Å². The van der Waals surface area contributed by atoms with Gasteiger partial charge in [-0.2, -0.15) is 5.10 Å². The van der Waals surface area contributed by atoms with Crippen molar-refractivity contribution in [2.45, 2.75) is 19.9 Å². The van der Waals surface area contributed by atoms with Crippen molar-refractivity contribution in [3.63, 3.8) is 0 Å². The fourth-order valence-corrected chi connectivity index (χ4v) is 6.26. The summed E-state index contributed by atoms with van der Waals surface area (Å²) in [4.78, 5) is 43.4. The van der Waals surface area contributed by atoms with Gasteiger partial charge in [-0.3, -0.25) is 19.5 Å². The van der Waals surface area contributed by atoms with E-state index >= 15 is 0 Å². The summed E-state index contributed by atoms with van der Waals surface area (Å²) < 4.78 is 8.81. The van der Waals surface area contributed by atoms with Gasteiger partial charge in [0, 0.05) is 34.5 Å². The average molecular weight is 626 g/mol. The van der Waals surface area contributed by atoms with Crippen LogP contribution in [0.5, 0.6) is 0 Å². The first-order valence-corrected chi connectivity index (χ1v) is 14.8. The molecule has 3 heterocycles. The minimum absolute atomic E-state index is 0.112. The lowest BCUT2D eigenvalue weighted by Crippen LogP contribution is -2.40. The van der Waals surface area contributed by atoms with E-state index < -0.39 is 22.5 Å². The van der Waals surface area contributed by atoms with Crippen LogP contribution in [0, 0.1) is 10.1 Å². The number of allylic oxidation sites excluding steroid dienone is 1. The van der Waals surface area contributed by atoms with Crippen LogP contribution < -0.4 is 14.9 Å². The van der Waals surface area contributed by atoms with Gasteiger partial charge in [0.2, 0.25) is 0 Å². The molecule has 0 bridgehead atoms. The number of halogens is 1. The Morgan fingerprint density at radius 2 is 1.86 bits per heavy atom. The molecule has 0 saturated heterocycles. The number of aromatic nitrogens is 3. The van der Waals surface area contributed by atoms with Crippen LogP contribution in [0.25, 0.3) is 23.0 Å². The molecule has 1 aliphatic rings. The number of nitro groups is 1. The fraction of sp³-hybridized carbons (Fsp3) is 0.125. The molecular formula is C32H24ClN5O5S. The highest BCUT2D eigenvalue weighted by atomic mass is 35.5. The van der Waals surface area contributed by atoms with Gasteiger partial charge in [0.1, 0.15) is 5.69 Å². The number of rotatable bonds is 7. The van der Waals surface area contributed by atoms with E-state index in [9.17, 15) is 19.7 Å². The van der Waals surface area contributed by atoms with E-state index in [-0.39, 0.29) is 17.9 Å². The van der Waals surface area contributed by atoms with Gasteiger partial charge in [0.25, 0.3) is 11.2 Å². The second-order valence-electron chi connectivity index (χ2n) is 9.87. The van der Waals surface area contributed by atoms with E-state index in [0.29, 0.717) is 36.9 Å². The van der Waals surface area contributed by atoms with Crippen LogP contribution in [0.3, 0.4) is 0 Å². The molecule has 1 atom stereocenters. The number of benzene rings is 3. The van der Waals surface area contributed by atoms with Crippen molar-refractivity contribution in [1.82, 2.24) is 14.3 Å². The molecule has 2 aromatic heterocycles. The number of fused-ring (bicyclic) bond motifs is 1. The van der Waals surface area contributed by atoms with E-state index in [2.05, 4.69) is 4.99 Å². The van der Waals surface area contributed by atoms with Crippen LogP contribution in [0.2, 0.25) is 5.02 Å². The summed E-state index contributed by atoms with van der Waals surface area (Å²) in [6, 6.07) is 21.8. The summed E-state index contributed by atoms with van der Waals surface area (Å²) in [7, 11) is 0. The number of non-ortho nitro benzene ring substituents is 1. The third kappa shape index (κ3) is 5.38. The lowest BCUT2D eigenvalue weighted by atomic mass is 9.95. The zero-order valence-corrected chi connectivity index (χ0v) is 25.1. The van der Waals surface area contributed by atoms with E-state index in [1.54, 1.807) is 42.8 Å². The van der Waals surface area contributed by atoms with Crippen molar-refractivity contribution in [2.75, 3.05) is 6.61 Å². The topological polar surface area (TPSA) is 122 Å². The Labute approximate surface area is 259 Å². The van der Waals surface area contributed by atoms with Crippen molar-refractivity contribution in [3.05, 3.63) is 142 Å². The molecule has 12 heteroatoms. The highest BCUT2D eigenvalue weighted by Gasteiger charge is 2.34. The van der Waals surface area contributed by atoms with Crippen molar-refractivity contribution in [2.24, 2.45) is 4.99 Å². The number of thiazole rings is 1. The molecule has 0 amide bonds. The number of hydrogen-bond donors (Lipinski definition) is 0. The Balaban J connectivity index is 1.57. The molecule has 0 fully saturated rings. The molecule has 220 valence electrons. The number of esters is 1. The van der Waals surface area contributed by atoms with Gasteiger partial charge < -0.3 is 4.74 Å². The number of carbonyl (C=O) groups is 1. The zero-order chi connectivity index (χ0) is 31.0. The Hall–Kier alpha value is -5.13. The molecule has 1 unspecified atom stereocenters. The minimum Gasteiger partial charge on any atom is -0.463 e. The third-order valence-corrected chi connectivity index (χ3v) is 8.32. The maximum Gasteiger partial charge on any atom is 0.338 e. The summed E-state index contributed by atoms with van der Waals surface area (Å²) in [5, 5.41) is 17.0. The van der Waals surface area contributed by atoms with Gasteiger partial charge in [-0.25, -0.2) is 14.5 Å². The predicted octanol–water partition coefficient (Wildman–Crippen LogP) is 5.21. The lowest BCUT2D eigenvalue weighted by molar-refractivity contribution is -0.384. The molecule has 5 aromatic rings. The molecule has 1 aliphatic heterocycles. The zero-order valence-electron chi connectivity index (χ0n) is 23.5. The van der Waals surface area contributed by atoms with Gasteiger partial charge in [0.15, 0.2) is 4.80 Å². The van der Waals surface area contributed by atoms with Crippen LogP contribution in [-0.2, 0) is 9.53 Å². The number of nitro benzene ring substituents is 1. The summed E-state index contributed by atoms with van der Waals surface area (Å²) in [6.45, 7) is 3.45. The molecule has 10 nitrogen and oxygen atoms in total. The molecule has 6 rings (SSSR count). The maximum absolute atomic E-state index is 14.2. The van der Waals surface area contributed by atoms with Gasteiger partial charge in [-0.1, -0.05) is 65.4 Å². The fourth-order valence-electron chi connectivity index (χ4n) is 5.09. The van der Waals surface area contributed by atoms with Gasteiger partial charge in [-0.15, -0.1) is 0 Å². The SMILES string of the molecule is CCOC(=O)C1=C(C)N=c2sc(=Cc3cn(-c4ccccc4)nc3-c3ccc(Cl)cc3)c(=O)n2C1c1cccc([N+](=O)[O-])c1. The Morgan fingerprint density at radius 1 is 1.11 bits per heavy atom. The number of para-hydroxylation sites is 1. The highest BCUT2D eigenvalue weighted by molar-refractivity contribution is 7.07. The third-order valence-electron chi connectivity index (χ3n) is 7.08. The maximum atomic E-state index is 14.2. The van der Waals surface area contributed by atoms with E-state index in [1.807, 2.05) is 48.7 Å². The largest absolute Gasteiger partial charge is 0.463 e. The number of ether oxygens (including phenoxy) is 1. The lowest BCUT2D eigenvalue weighted by Gasteiger charge is -2.24. The molecular weight excluding hydrogens is 602 g/mol. The standard InChI is InChI=1S/C32H24ClN5O5S/c1-3-43-31(40)27-19(2)34-32-37(29(27)21-8-7-11-25(16-21)38(41)42)30(39)26(44-32)17-22-18-36(24-9-5-4-6-10-24)35-28(22)20-12-14-23(33)15-13-20/h4-18,29H,3H2,1-2H3. The van der Waals surface area contributed by atoms with Gasteiger partial charge in [-0.05, 0) is 49.8 Å². The van der Waals surface area contributed by atoms with E-state index in [0.717, 1.165) is 22.6 Å². The first-order valence-electron chi connectivity index (χ1n) is 13.6.